The number of rotatable bonds is 8. The Morgan fingerprint density at radius 2 is 1.47 bits per heavy atom. The van der Waals surface area contributed by atoms with Crippen molar-refractivity contribution in [3.05, 3.63) is 83.9 Å². The van der Waals surface area contributed by atoms with Crippen molar-refractivity contribution in [2.75, 3.05) is 0 Å². The molecule has 1 fully saturated rings. The first-order valence-electron chi connectivity index (χ1n) is 11.1. The molecule has 0 bridgehead atoms. The van der Waals surface area contributed by atoms with Gasteiger partial charge in [0.15, 0.2) is 0 Å². The zero-order valence-corrected chi connectivity index (χ0v) is 18.5. The van der Waals surface area contributed by atoms with E-state index in [9.17, 15) is 19.2 Å². The van der Waals surface area contributed by atoms with Crippen molar-refractivity contribution >= 4 is 34.4 Å². The molecule has 1 aliphatic heterocycles. The molecule has 3 atom stereocenters. The highest BCUT2D eigenvalue weighted by Crippen LogP contribution is 2.17. The highest BCUT2D eigenvalue weighted by molar-refractivity contribution is 5.99. The van der Waals surface area contributed by atoms with Gasteiger partial charge in [-0.1, -0.05) is 72.8 Å². The summed E-state index contributed by atoms with van der Waals surface area (Å²) in [5.74, 6) is -2.03. The minimum Gasteiger partial charge on any atom is -0.368 e. The molecule has 34 heavy (non-hydrogen) atoms. The summed E-state index contributed by atoms with van der Waals surface area (Å²) in [4.78, 5) is 49.6. The third-order valence-corrected chi connectivity index (χ3v) is 5.87. The number of hydrogen-bond donors (Lipinski definition) is 4. The highest BCUT2D eigenvalue weighted by atomic mass is 16.2. The minimum absolute atomic E-state index is 0.217. The van der Waals surface area contributed by atoms with E-state index < -0.39 is 35.8 Å². The van der Waals surface area contributed by atoms with Gasteiger partial charge < -0.3 is 21.7 Å². The van der Waals surface area contributed by atoms with Crippen LogP contribution in [0.4, 0.5) is 0 Å². The number of nitrogens with one attached hydrogen (secondary N) is 3. The lowest BCUT2D eigenvalue weighted by atomic mass is 10.00. The van der Waals surface area contributed by atoms with Crippen molar-refractivity contribution in [1.82, 2.24) is 16.0 Å². The number of piperazine rings is 1. The number of nitrogens with two attached hydrogens (primary N) is 1. The number of hydrogen-bond acceptors (Lipinski definition) is 4. The molecule has 4 amide bonds. The molecule has 0 radical (unpaired) electrons. The molecule has 1 saturated heterocycles. The number of amides is 4. The summed E-state index contributed by atoms with van der Waals surface area (Å²) in [5, 5.41) is 9.97. The van der Waals surface area contributed by atoms with Crippen LogP contribution in [0, 0.1) is 0 Å². The Morgan fingerprint density at radius 3 is 2.21 bits per heavy atom. The molecule has 8 heteroatoms. The molecule has 0 unspecified atom stereocenters. The van der Waals surface area contributed by atoms with Crippen LogP contribution in [0.15, 0.2) is 72.8 Å². The second-order valence-electron chi connectivity index (χ2n) is 8.42. The van der Waals surface area contributed by atoms with Gasteiger partial charge >= 0.3 is 0 Å². The van der Waals surface area contributed by atoms with Crippen LogP contribution in [0.3, 0.4) is 0 Å². The third-order valence-electron chi connectivity index (χ3n) is 5.87. The molecule has 1 heterocycles. The highest BCUT2D eigenvalue weighted by Gasteiger charge is 2.35. The number of carbonyl (C=O) groups excluding carboxylic acids is 4. The van der Waals surface area contributed by atoms with Crippen LogP contribution >= 0.6 is 0 Å². The molecule has 174 valence electrons. The maximum atomic E-state index is 12.6. The number of carbonyl (C=O) groups is 4. The lowest BCUT2D eigenvalue weighted by molar-refractivity contribution is -0.138. The van der Waals surface area contributed by atoms with Crippen LogP contribution in [0.1, 0.15) is 17.5 Å². The number of benzene rings is 3. The monoisotopic (exact) mass is 458 g/mol. The Kier molecular flexibility index (Phi) is 6.87. The first kappa shape index (κ1) is 23.0. The van der Waals surface area contributed by atoms with E-state index in [1.807, 2.05) is 72.8 Å². The fourth-order valence-electron chi connectivity index (χ4n) is 4.08. The van der Waals surface area contributed by atoms with Crippen molar-refractivity contribution < 1.29 is 19.2 Å². The molecule has 1 aliphatic rings. The van der Waals surface area contributed by atoms with Crippen molar-refractivity contribution in [1.29, 1.82) is 0 Å². The normalized spacial score (nSPS) is 18.6. The van der Waals surface area contributed by atoms with Crippen LogP contribution < -0.4 is 21.7 Å². The van der Waals surface area contributed by atoms with Gasteiger partial charge in [0.25, 0.3) is 0 Å². The minimum atomic E-state index is -1.02. The number of primary amides is 1. The Labute approximate surface area is 196 Å². The lowest BCUT2D eigenvalue weighted by Gasteiger charge is -2.29. The number of fused-ring (bicyclic) bond motifs is 1. The average Bonchev–Trinajstić information content (AvgIpc) is 2.82. The summed E-state index contributed by atoms with van der Waals surface area (Å²) in [7, 11) is 0. The largest absolute Gasteiger partial charge is 0.368 e. The van der Waals surface area contributed by atoms with Crippen LogP contribution in [0.5, 0.6) is 0 Å². The third kappa shape index (κ3) is 5.58. The second kappa shape index (κ2) is 10.2. The smallest absolute Gasteiger partial charge is 0.243 e. The molecule has 0 spiro atoms. The van der Waals surface area contributed by atoms with E-state index in [0.29, 0.717) is 6.42 Å². The predicted octanol–water partition coefficient (Wildman–Crippen LogP) is 0.968. The van der Waals surface area contributed by atoms with Crippen molar-refractivity contribution in [3.8, 4) is 0 Å². The van der Waals surface area contributed by atoms with E-state index >= 15 is 0 Å². The molecule has 5 N–H and O–H groups in total. The first-order chi connectivity index (χ1) is 16.4. The SMILES string of the molecule is NC(=O)[C@H](Cc1ccc2ccccc2c1)NC(=O)C[C@@H]1NC(=O)[C@H](Cc2ccccc2)NC1=O. The molecule has 4 rings (SSSR count). The molecule has 0 aromatic heterocycles. The molecule has 8 nitrogen and oxygen atoms in total. The maximum Gasteiger partial charge on any atom is 0.243 e. The molecule has 3 aromatic rings. The van der Waals surface area contributed by atoms with E-state index in [1.165, 1.54) is 0 Å². The van der Waals surface area contributed by atoms with Gasteiger partial charge in [-0.25, -0.2) is 0 Å². The van der Waals surface area contributed by atoms with Crippen molar-refractivity contribution in [2.24, 2.45) is 5.73 Å². The van der Waals surface area contributed by atoms with Gasteiger partial charge in [0.2, 0.25) is 23.6 Å². The summed E-state index contributed by atoms with van der Waals surface area (Å²) in [5.41, 5.74) is 7.27. The maximum absolute atomic E-state index is 12.6. The molecular formula is C26H26N4O4. The van der Waals surface area contributed by atoms with Gasteiger partial charge in [-0.2, -0.15) is 0 Å². The lowest BCUT2D eigenvalue weighted by Crippen LogP contribution is -2.63. The van der Waals surface area contributed by atoms with Crippen LogP contribution in [0.2, 0.25) is 0 Å². The quantitative estimate of drug-likeness (QED) is 0.401. The van der Waals surface area contributed by atoms with Gasteiger partial charge in [-0.05, 0) is 21.9 Å². The van der Waals surface area contributed by atoms with E-state index in [0.717, 1.165) is 21.9 Å². The van der Waals surface area contributed by atoms with E-state index in [1.54, 1.807) is 0 Å². The molecular weight excluding hydrogens is 432 g/mol. The van der Waals surface area contributed by atoms with Gasteiger partial charge in [0, 0.05) is 12.8 Å². The fraction of sp³-hybridized carbons (Fsp3) is 0.231. The second-order valence-corrected chi connectivity index (χ2v) is 8.42. The van der Waals surface area contributed by atoms with Crippen LogP contribution in [-0.2, 0) is 32.0 Å². The van der Waals surface area contributed by atoms with E-state index in [4.69, 9.17) is 5.73 Å². The van der Waals surface area contributed by atoms with E-state index in [2.05, 4.69) is 16.0 Å². The van der Waals surface area contributed by atoms with E-state index in [-0.39, 0.29) is 18.7 Å². The van der Waals surface area contributed by atoms with Gasteiger partial charge in [-0.15, -0.1) is 0 Å². The van der Waals surface area contributed by atoms with Crippen molar-refractivity contribution in [3.63, 3.8) is 0 Å². The summed E-state index contributed by atoms with van der Waals surface area (Å²) >= 11 is 0. The summed E-state index contributed by atoms with van der Waals surface area (Å²) < 4.78 is 0. The molecule has 0 saturated carbocycles. The Balaban J connectivity index is 1.35. The molecule has 3 aromatic carbocycles. The Hall–Kier alpha value is -4.20. The first-order valence-corrected chi connectivity index (χ1v) is 11.1. The topological polar surface area (TPSA) is 130 Å². The van der Waals surface area contributed by atoms with Crippen LogP contribution in [-0.4, -0.2) is 41.8 Å². The summed E-state index contributed by atoms with van der Waals surface area (Å²) in [6.45, 7) is 0. The van der Waals surface area contributed by atoms with Gasteiger partial charge in [0.05, 0.1) is 6.42 Å². The zero-order chi connectivity index (χ0) is 24.1. The summed E-state index contributed by atoms with van der Waals surface area (Å²) in [6.07, 6.45) is 0.276. The fourth-order valence-corrected chi connectivity index (χ4v) is 4.08. The average molecular weight is 459 g/mol. The molecule has 0 aliphatic carbocycles. The van der Waals surface area contributed by atoms with Crippen LogP contribution in [0.25, 0.3) is 10.8 Å². The standard InChI is InChI=1S/C26H26N4O4/c27-24(32)20(14-17-10-11-18-8-4-5-9-19(18)12-17)28-23(31)15-22-26(34)29-21(25(33)30-22)13-16-6-2-1-3-7-16/h1-12,20-22H,13-15H2,(H2,27,32)(H,28,31)(H,29,34)(H,30,33)/t20-,21-,22-/m0/s1. The Morgan fingerprint density at radius 1 is 0.824 bits per heavy atom. The Bertz CT molecular complexity index is 1230. The van der Waals surface area contributed by atoms with Crippen molar-refractivity contribution in [2.45, 2.75) is 37.4 Å². The van der Waals surface area contributed by atoms with Gasteiger partial charge in [-0.3, -0.25) is 19.2 Å². The zero-order valence-electron chi connectivity index (χ0n) is 18.5. The summed E-state index contributed by atoms with van der Waals surface area (Å²) in [6, 6.07) is 20.3. The van der Waals surface area contributed by atoms with Gasteiger partial charge in [0.1, 0.15) is 18.1 Å². The predicted molar refractivity (Wildman–Crippen MR) is 127 cm³/mol.